The first kappa shape index (κ1) is 19.3. The largest absolute Gasteiger partial charge is 0.416 e. The van der Waals surface area contributed by atoms with Crippen molar-refractivity contribution < 1.29 is 22.8 Å². The lowest BCUT2D eigenvalue weighted by Gasteiger charge is -2.17. The lowest BCUT2D eigenvalue weighted by Crippen LogP contribution is -2.31. The number of unbranched alkanes of at least 4 members (excludes halogenated alkanes) is 1. The summed E-state index contributed by atoms with van der Waals surface area (Å²) in [7, 11) is 1.57. The average Bonchev–Trinajstić information content (AvgIpc) is 2.45. The van der Waals surface area contributed by atoms with Gasteiger partial charge >= 0.3 is 6.18 Å². The zero-order valence-electron chi connectivity index (χ0n) is 12.8. The zero-order valence-corrected chi connectivity index (χ0v) is 13.6. The summed E-state index contributed by atoms with van der Waals surface area (Å²) in [6.45, 7) is 2.49. The number of anilines is 1. The van der Waals surface area contributed by atoms with Crippen molar-refractivity contribution in [2.75, 3.05) is 18.9 Å². The third-order valence-electron chi connectivity index (χ3n) is 3.15. The Hall–Kier alpha value is -1.76. The monoisotopic (exact) mass is 350 g/mol. The van der Waals surface area contributed by atoms with Gasteiger partial charge in [-0.25, -0.2) is 0 Å². The maximum absolute atomic E-state index is 12.7. The van der Waals surface area contributed by atoms with Gasteiger partial charge in [-0.1, -0.05) is 24.9 Å². The van der Waals surface area contributed by atoms with E-state index in [0.29, 0.717) is 6.54 Å². The normalized spacial score (nSPS) is 11.2. The number of carbonyl (C=O) groups is 2. The van der Waals surface area contributed by atoms with Crippen LogP contribution in [0.3, 0.4) is 0 Å². The van der Waals surface area contributed by atoms with Crippen LogP contribution in [0.5, 0.6) is 0 Å². The molecule has 0 heterocycles. The minimum atomic E-state index is -4.54. The molecule has 0 aliphatic carbocycles. The number of benzene rings is 1. The summed E-state index contributed by atoms with van der Waals surface area (Å²) >= 11 is 5.78. The van der Waals surface area contributed by atoms with Gasteiger partial charge in [0.1, 0.15) is 6.42 Å². The van der Waals surface area contributed by atoms with Crippen molar-refractivity contribution in [3.8, 4) is 0 Å². The van der Waals surface area contributed by atoms with E-state index in [4.69, 9.17) is 11.6 Å². The molecule has 0 saturated carbocycles. The third kappa shape index (κ3) is 6.09. The molecule has 0 aliphatic heterocycles. The van der Waals surface area contributed by atoms with Gasteiger partial charge in [0.05, 0.1) is 16.3 Å². The third-order valence-corrected chi connectivity index (χ3v) is 3.48. The van der Waals surface area contributed by atoms with E-state index in [-0.39, 0.29) is 10.7 Å². The molecule has 1 aromatic carbocycles. The first-order chi connectivity index (χ1) is 10.6. The summed E-state index contributed by atoms with van der Waals surface area (Å²) < 4.78 is 38.0. The molecule has 0 fully saturated rings. The highest BCUT2D eigenvalue weighted by Gasteiger charge is 2.31. The highest BCUT2D eigenvalue weighted by molar-refractivity contribution is 6.33. The number of nitrogens with one attached hydrogen (secondary N) is 1. The second-order valence-electron chi connectivity index (χ2n) is 5.09. The van der Waals surface area contributed by atoms with Crippen molar-refractivity contribution >= 4 is 29.1 Å². The van der Waals surface area contributed by atoms with Crippen molar-refractivity contribution in [2.24, 2.45) is 0 Å². The number of hydrogen-bond donors (Lipinski definition) is 1. The molecule has 0 radical (unpaired) electrons. The molecule has 0 aliphatic rings. The second kappa shape index (κ2) is 8.19. The number of nitrogens with zero attached hydrogens (tertiary/aromatic N) is 1. The van der Waals surface area contributed by atoms with E-state index in [2.05, 4.69) is 5.32 Å². The molecule has 0 spiro atoms. The number of alkyl halides is 3. The molecule has 1 aromatic rings. The summed E-state index contributed by atoms with van der Waals surface area (Å²) in [5.74, 6) is -1.11. The SMILES string of the molecule is CCCCN(C)C(=O)CC(=O)Nc1cc(C(F)(F)F)ccc1Cl. The van der Waals surface area contributed by atoms with E-state index >= 15 is 0 Å². The molecule has 8 heteroatoms. The Balaban J connectivity index is 2.72. The number of hydrogen-bond acceptors (Lipinski definition) is 2. The topological polar surface area (TPSA) is 49.4 Å². The highest BCUT2D eigenvalue weighted by atomic mass is 35.5. The fourth-order valence-electron chi connectivity index (χ4n) is 1.78. The zero-order chi connectivity index (χ0) is 17.6. The minimum Gasteiger partial charge on any atom is -0.345 e. The highest BCUT2D eigenvalue weighted by Crippen LogP contribution is 2.33. The van der Waals surface area contributed by atoms with E-state index in [1.165, 1.54) is 4.90 Å². The average molecular weight is 351 g/mol. The Labute approximate surface area is 137 Å². The van der Waals surface area contributed by atoms with Crippen molar-refractivity contribution in [1.29, 1.82) is 0 Å². The predicted octanol–water partition coefficient (Wildman–Crippen LogP) is 3.95. The van der Waals surface area contributed by atoms with Gasteiger partial charge in [-0.05, 0) is 24.6 Å². The number of rotatable bonds is 6. The standard InChI is InChI=1S/C15H18ClF3N2O2/c1-3-4-7-21(2)14(23)9-13(22)20-12-8-10(15(17,18)19)5-6-11(12)16/h5-6,8H,3-4,7,9H2,1-2H3,(H,20,22). The maximum Gasteiger partial charge on any atom is 0.416 e. The van der Waals surface area contributed by atoms with Gasteiger partial charge in [-0.3, -0.25) is 9.59 Å². The van der Waals surface area contributed by atoms with Gasteiger partial charge in [-0.2, -0.15) is 13.2 Å². The van der Waals surface area contributed by atoms with Crippen LogP contribution in [0.4, 0.5) is 18.9 Å². The summed E-state index contributed by atoms with van der Waals surface area (Å²) in [6, 6.07) is 2.61. The van der Waals surface area contributed by atoms with Crippen LogP contribution < -0.4 is 5.32 Å². The Bertz CT molecular complexity index is 576. The van der Waals surface area contributed by atoms with E-state index in [1.54, 1.807) is 7.05 Å². The summed E-state index contributed by atoms with van der Waals surface area (Å²) in [4.78, 5) is 25.0. The molecule has 0 atom stereocenters. The Kier molecular flexibility index (Phi) is 6.87. The van der Waals surface area contributed by atoms with Crippen LogP contribution in [0.25, 0.3) is 0 Å². The van der Waals surface area contributed by atoms with Crippen LogP contribution in [-0.2, 0) is 15.8 Å². The molecular formula is C15H18ClF3N2O2. The Morgan fingerprint density at radius 3 is 2.52 bits per heavy atom. The van der Waals surface area contributed by atoms with Crippen molar-refractivity contribution in [1.82, 2.24) is 4.90 Å². The van der Waals surface area contributed by atoms with E-state index < -0.39 is 30.0 Å². The van der Waals surface area contributed by atoms with Crippen LogP contribution in [-0.4, -0.2) is 30.3 Å². The van der Waals surface area contributed by atoms with Gasteiger partial charge in [0.2, 0.25) is 11.8 Å². The quantitative estimate of drug-likeness (QED) is 0.790. The molecule has 0 unspecified atom stereocenters. The Morgan fingerprint density at radius 2 is 1.96 bits per heavy atom. The van der Waals surface area contributed by atoms with Crippen LogP contribution >= 0.6 is 11.6 Å². The van der Waals surface area contributed by atoms with Gasteiger partial charge in [0.25, 0.3) is 0 Å². The molecule has 128 valence electrons. The molecule has 0 saturated heterocycles. The smallest absolute Gasteiger partial charge is 0.345 e. The van der Waals surface area contributed by atoms with E-state index in [0.717, 1.165) is 31.0 Å². The van der Waals surface area contributed by atoms with Gasteiger partial charge in [0, 0.05) is 13.6 Å². The van der Waals surface area contributed by atoms with Crippen molar-refractivity contribution in [3.05, 3.63) is 28.8 Å². The minimum absolute atomic E-state index is 0.0295. The van der Waals surface area contributed by atoms with Gasteiger partial charge in [0.15, 0.2) is 0 Å². The lowest BCUT2D eigenvalue weighted by atomic mass is 10.2. The fourth-order valence-corrected chi connectivity index (χ4v) is 1.95. The Morgan fingerprint density at radius 1 is 1.30 bits per heavy atom. The number of halogens is 4. The maximum atomic E-state index is 12.7. The number of carbonyl (C=O) groups excluding carboxylic acids is 2. The first-order valence-corrected chi connectivity index (χ1v) is 7.43. The van der Waals surface area contributed by atoms with Gasteiger partial charge in [-0.15, -0.1) is 0 Å². The molecule has 4 nitrogen and oxygen atoms in total. The van der Waals surface area contributed by atoms with Crippen LogP contribution in [0.2, 0.25) is 5.02 Å². The molecule has 1 N–H and O–H groups in total. The molecule has 1 rings (SSSR count). The van der Waals surface area contributed by atoms with E-state index in [1.807, 2.05) is 6.92 Å². The van der Waals surface area contributed by atoms with Crippen LogP contribution in [0.15, 0.2) is 18.2 Å². The molecule has 23 heavy (non-hydrogen) atoms. The molecular weight excluding hydrogens is 333 g/mol. The number of amides is 2. The van der Waals surface area contributed by atoms with E-state index in [9.17, 15) is 22.8 Å². The summed E-state index contributed by atoms with van der Waals surface area (Å²) in [6.07, 6.45) is -3.28. The van der Waals surface area contributed by atoms with Gasteiger partial charge < -0.3 is 10.2 Å². The lowest BCUT2D eigenvalue weighted by molar-refractivity contribution is -0.138. The second-order valence-corrected chi connectivity index (χ2v) is 5.49. The van der Waals surface area contributed by atoms with Crippen molar-refractivity contribution in [2.45, 2.75) is 32.4 Å². The summed E-state index contributed by atoms with van der Waals surface area (Å²) in [5, 5.41) is 2.22. The predicted molar refractivity (Wildman–Crippen MR) is 82.2 cm³/mol. The first-order valence-electron chi connectivity index (χ1n) is 7.05. The fraction of sp³-hybridized carbons (Fsp3) is 0.467. The summed E-state index contributed by atoms with van der Waals surface area (Å²) in [5.41, 5.74) is -1.10. The van der Waals surface area contributed by atoms with Crippen LogP contribution in [0, 0.1) is 0 Å². The molecule has 0 aromatic heterocycles. The molecule has 0 bridgehead atoms. The van der Waals surface area contributed by atoms with Crippen LogP contribution in [0.1, 0.15) is 31.7 Å². The van der Waals surface area contributed by atoms with Crippen molar-refractivity contribution in [3.63, 3.8) is 0 Å². The molecule has 2 amide bonds.